The van der Waals surface area contributed by atoms with Crippen molar-refractivity contribution in [2.45, 2.75) is 6.36 Å². The molecule has 146 valence electrons. The Morgan fingerprint density at radius 1 is 0.893 bits per heavy atom. The largest absolute Gasteiger partial charge is 0.573 e. The number of aromatic nitrogens is 2. The Kier molecular flexibility index (Phi) is 5.39. The lowest BCUT2D eigenvalue weighted by Crippen LogP contribution is -2.17. The number of nitrogens with zero attached hydrogens (tertiary/aromatic N) is 2. The Labute approximate surface area is 158 Å². The molecule has 3 aromatic rings. The molecule has 0 atom stereocenters. The molecule has 1 aromatic heterocycles. The molecule has 0 bridgehead atoms. The maximum atomic E-state index is 12.2. The first kappa shape index (κ1) is 19.1. The minimum absolute atomic E-state index is 0.237. The summed E-state index contributed by atoms with van der Waals surface area (Å²) < 4.78 is 45.7. The Bertz CT molecular complexity index is 949. The highest BCUT2D eigenvalue weighted by Crippen LogP contribution is 2.30. The summed E-state index contributed by atoms with van der Waals surface area (Å²) in [5.74, 6) is 0.999. The van der Waals surface area contributed by atoms with Crippen molar-refractivity contribution in [3.05, 3.63) is 54.9 Å². The van der Waals surface area contributed by atoms with Gasteiger partial charge in [-0.25, -0.2) is 9.97 Å². The van der Waals surface area contributed by atoms with Gasteiger partial charge < -0.3 is 25.8 Å². The van der Waals surface area contributed by atoms with E-state index in [0.717, 1.165) is 0 Å². The van der Waals surface area contributed by atoms with Crippen LogP contribution in [-0.4, -0.2) is 23.4 Å². The number of methoxy groups -OCH3 is 1. The first-order valence-electron chi connectivity index (χ1n) is 7.98. The van der Waals surface area contributed by atoms with E-state index in [-0.39, 0.29) is 11.4 Å². The Morgan fingerprint density at radius 3 is 2.14 bits per heavy atom. The maximum Gasteiger partial charge on any atom is 0.573 e. The summed E-state index contributed by atoms with van der Waals surface area (Å²) in [6, 6.07) is 12.4. The van der Waals surface area contributed by atoms with Crippen LogP contribution in [0.3, 0.4) is 0 Å². The highest BCUT2D eigenvalue weighted by atomic mass is 19.4. The number of nitrogens with two attached hydrogens (primary N) is 1. The zero-order valence-corrected chi connectivity index (χ0v) is 14.6. The molecule has 0 aliphatic heterocycles. The van der Waals surface area contributed by atoms with E-state index in [1.807, 2.05) is 12.1 Å². The zero-order chi connectivity index (χ0) is 20.1. The molecule has 0 spiro atoms. The van der Waals surface area contributed by atoms with Crippen molar-refractivity contribution < 1.29 is 22.6 Å². The second kappa shape index (κ2) is 7.91. The van der Waals surface area contributed by atoms with Crippen LogP contribution in [-0.2, 0) is 0 Å². The fraction of sp³-hybridized carbons (Fsp3) is 0.111. The van der Waals surface area contributed by atoms with Gasteiger partial charge >= 0.3 is 6.36 Å². The van der Waals surface area contributed by atoms with E-state index in [1.54, 1.807) is 19.2 Å². The van der Waals surface area contributed by atoms with Crippen molar-refractivity contribution in [2.75, 3.05) is 23.5 Å². The van der Waals surface area contributed by atoms with Gasteiger partial charge in [0.1, 0.15) is 23.5 Å². The normalized spacial score (nSPS) is 11.0. The van der Waals surface area contributed by atoms with Gasteiger partial charge in [0.25, 0.3) is 0 Å². The van der Waals surface area contributed by atoms with Gasteiger partial charge in [0.2, 0.25) is 0 Å². The number of nitrogen functional groups attached to an aromatic ring is 1. The van der Waals surface area contributed by atoms with Crippen LogP contribution in [0.4, 0.5) is 41.9 Å². The number of ether oxygens (including phenoxy) is 2. The van der Waals surface area contributed by atoms with Crippen LogP contribution in [0.2, 0.25) is 0 Å². The topological polar surface area (TPSA) is 94.3 Å². The van der Waals surface area contributed by atoms with Gasteiger partial charge in [0.15, 0.2) is 11.6 Å². The molecular formula is C18H16F3N5O2. The zero-order valence-electron chi connectivity index (χ0n) is 14.6. The fourth-order valence-corrected chi connectivity index (χ4v) is 2.31. The summed E-state index contributed by atoms with van der Waals surface area (Å²) >= 11 is 0. The van der Waals surface area contributed by atoms with Crippen LogP contribution in [0.5, 0.6) is 11.5 Å². The van der Waals surface area contributed by atoms with Crippen LogP contribution in [0.25, 0.3) is 0 Å². The minimum atomic E-state index is -4.74. The van der Waals surface area contributed by atoms with E-state index < -0.39 is 6.36 Å². The van der Waals surface area contributed by atoms with Gasteiger partial charge in [-0.1, -0.05) is 6.07 Å². The second-order valence-electron chi connectivity index (χ2n) is 5.54. The molecule has 2 aromatic carbocycles. The predicted molar refractivity (Wildman–Crippen MR) is 99.1 cm³/mol. The molecule has 3 rings (SSSR count). The number of nitrogens with one attached hydrogen (secondary N) is 2. The van der Waals surface area contributed by atoms with Gasteiger partial charge in [0, 0.05) is 17.4 Å². The molecule has 0 aliphatic carbocycles. The molecule has 0 radical (unpaired) electrons. The third kappa shape index (κ3) is 4.93. The van der Waals surface area contributed by atoms with E-state index >= 15 is 0 Å². The van der Waals surface area contributed by atoms with Gasteiger partial charge in [-0.3, -0.25) is 0 Å². The van der Waals surface area contributed by atoms with Crippen LogP contribution < -0.4 is 25.8 Å². The lowest BCUT2D eigenvalue weighted by molar-refractivity contribution is -0.274. The molecule has 0 unspecified atom stereocenters. The lowest BCUT2D eigenvalue weighted by Gasteiger charge is -2.13. The van der Waals surface area contributed by atoms with E-state index in [2.05, 4.69) is 25.3 Å². The third-order valence-electron chi connectivity index (χ3n) is 3.57. The number of hydrogen-bond donors (Lipinski definition) is 3. The number of halogens is 3. The molecule has 0 aliphatic rings. The van der Waals surface area contributed by atoms with Crippen molar-refractivity contribution in [3.8, 4) is 11.5 Å². The predicted octanol–water partition coefficient (Wildman–Crippen LogP) is 4.45. The van der Waals surface area contributed by atoms with Crippen molar-refractivity contribution >= 4 is 28.7 Å². The van der Waals surface area contributed by atoms with Gasteiger partial charge in [-0.2, -0.15) is 0 Å². The quantitative estimate of drug-likeness (QED) is 0.571. The number of anilines is 5. The molecule has 7 nitrogen and oxygen atoms in total. The minimum Gasteiger partial charge on any atom is -0.497 e. The van der Waals surface area contributed by atoms with Gasteiger partial charge in [-0.15, -0.1) is 13.2 Å². The van der Waals surface area contributed by atoms with Crippen molar-refractivity contribution in [1.29, 1.82) is 0 Å². The second-order valence-corrected chi connectivity index (χ2v) is 5.54. The summed E-state index contributed by atoms with van der Waals surface area (Å²) in [5.41, 5.74) is 7.54. The molecular weight excluding hydrogens is 375 g/mol. The van der Waals surface area contributed by atoms with Gasteiger partial charge in [-0.05, 0) is 36.4 Å². The molecule has 4 N–H and O–H groups in total. The summed E-state index contributed by atoms with van der Waals surface area (Å²) in [4.78, 5) is 8.18. The van der Waals surface area contributed by atoms with Crippen LogP contribution in [0.1, 0.15) is 0 Å². The number of hydrogen-bond acceptors (Lipinski definition) is 7. The monoisotopic (exact) mass is 391 g/mol. The summed E-state index contributed by atoms with van der Waals surface area (Å²) in [6.45, 7) is 0. The highest BCUT2D eigenvalue weighted by Gasteiger charge is 2.30. The number of rotatable bonds is 6. The first-order valence-corrected chi connectivity index (χ1v) is 7.98. The maximum absolute atomic E-state index is 12.2. The van der Waals surface area contributed by atoms with E-state index in [9.17, 15) is 13.2 Å². The molecule has 0 amide bonds. The SMILES string of the molecule is COc1cccc(Nc2ncnc(Nc3ccc(OC(F)(F)F)cc3)c2N)c1. The molecule has 0 saturated heterocycles. The van der Waals surface area contributed by atoms with E-state index in [0.29, 0.717) is 28.8 Å². The van der Waals surface area contributed by atoms with E-state index in [1.165, 1.54) is 30.6 Å². The van der Waals surface area contributed by atoms with Crippen molar-refractivity contribution in [3.63, 3.8) is 0 Å². The smallest absolute Gasteiger partial charge is 0.497 e. The molecule has 10 heteroatoms. The molecule has 1 heterocycles. The van der Waals surface area contributed by atoms with Crippen LogP contribution >= 0.6 is 0 Å². The molecule has 0 saturated carbocycles. The van der Waals surface area contributed by atoms with E-state index in [4.69, 9.17) is 10.5 Å². The first-order chi connectivity index (χ1) is 13.3. The van der Waals surface area contributed by atoms with Crippen molar-refractivity contribution in [2.24, 2.45) is 0 Å². The number of alkyl halides is 3. The van der Waals surface area contributed by atoms with Crippen molar-refractivity contribution in [1.82, 2.24) is 9.97 Å². The Morgan fingerprint density at radius 2 is 1.54 bits per heavy atom. The summed E-state index contributed by atoms with van der Waals surface area (Å²) in [7, 11) is 1.56. The lowest BCUT2D eigenvalue weighted by atomic mass is 10.3. The number of benzene rings is 2. The molecule has 0 fully saturated rings. The fourth-order valence-electron chi connectivity index (χ4n) is 2.31. The Balaban J connectivity index is 1.75. The van der Waals surface area contributed by atoms with Crippen LogP contribution in [0, 0.1) is 0 Å². The van der Waals surface area contributed by atoms with Gasteiger partial charge in [0.05, 0.1) is 7.11 Å². The summed E-state index contributed by atoms with van der Waals surface area (Å²) in [6.07, 6.45) is -3.44. The highest BCUT2D eigenvalue weighted by molar-refractivity contribution is 5.80. The third-order valence-corrected chi connectivity index (χ3v) is 3.57. The Hall–Kier alpha value is -3.69. The standard InChI is InChI=1S/C18H16F3N5O2/c1-27-14-4-2-3-12(9-14)26-17-15(22)16(23-10-24-17)25-11-5-7-13(8-6-11)28-18(19,20)21/h2-10H,22H2,1H3,(H2,23,24,25,26). The molecule has 28 heavy (non-hydrogen) atoms. The summed E-state index contributed by atoms with van der Waals surface area (Å²) in [5, 5.41) is 6.00. The van der Waals surface area contributed by atoms with Crippen LogP contribution in [0.15, 0.2) is 54.9 Å². The average molecular weight is 391 g/mol. The average Bonchev–Trinajstić information content (AvgIpc) is 2.65.